The predicted molar refractivity (Wildman–Crippen MR) is 129 cm³/mol. The van der Waals surface area contributed by atoms with Crippen LogP contribution in [-0.2, 0) is 14.3 Å². The summed E-state index contributed by atoms with van der Waals surface area (Å²) in [6.07, 6.45) is 0.0356. The highest BCUT2D eigenvalue weighted by Gasteiger charge is 2.46. The zero-order chi connectivity index (χ0) is 25.0. The van der Waals surface area contributed by atoms with E-state index in [1.54, 1.807) is 39.0 Å². The Hall–Kier alpha value is -3.55. The topological polar surface area (TPSA) is 108 Å². The molecule has 0 spiro atoms. The fourth-order valence-corrected chi connectivity index (χ4v) is 3.81. The van der Waals surface area contributed by atoms with Crippen LogP contribution in [0.15, 0.2) is 48.5 Å². The molecule has 1 aliphatic carbocycles. The number of alkyl carbamates (subject to hydrolysis) is 1. The molecule has 0 bridgehead atoms. The van der Waals surface area contributed by atoms with Gasteiger partial charge in [0.2, 0.25) is 5.91 Å². The lowest BCUT2D eigenvalue weighted by Crippen LogP contribution is -2.48. The second-order valence-corrected chi connectivity index (χ2v) is 9.74. The monoisotopic (exact) mass is 467 g/mol. The van der Waals surface area contributed by atoms with Crippen molar-refractivity contribution in [3.8, 4) is 5.75 Å². The van der Waals surface area contributed by atoms with Gasteiger partial charge in [0.25, 0.3) is 5.91 Å². The Bertz CT molecular complexity index is 1060. The molecule has 0 radical (unpaired) electrons. The molecule has 3 unspecified atom stereocenters. The average Bonchev–Trinajstić information content (AvgIpc) is 3.46. The van der Waals surface area contributed by atoms with Crippen LogP contribution in [0.3, 0.4) is 0 Å². The van der Waals surface area contributed by atoms with E-state index in [2.05, 4.69) is 10.6 Å². The lowest BCUT2D eigenvalue weighted by Gasteiger charge is -2.32. The van der Waals surface area contributed by atoms with E-state index >= 15 is 0 Å². The third kappa shape index (κ3) is 6.50. The fourth-order valence-electron chi connectivity index (χ4n) is 3.81. The zero-order valence-corrected chi connectivity index (χ0v) is 20.3. The Balaban J connectivity index is 1.90. The van der Waals surface area contributed by atoms with Gasteiger partial charge in [-0.1, -0.05) is 37.3 Å². The molecule has 2 aromatic carbocycles. The Morgan fingerprint density at radius 1 is 1.15 bits per heavy atom. The number of benzene rings is 2. The molecule has 0 aliphatic heterocycles. The van der Waals surface area contributed by atoms with Crippen molar-refractivity contribution in [3.63, 3.8) is 0 Å². The van der Waals surface area contributed by atoms with Crippen molar-refractivity contribution in [2.75, 3.05) is 11.9 Å². The van der Waals surface area contributed by atoms with Gasteiger partial charge in [-0.2, -0.15) is 0 Å². The van der Waals surface area contributed by atoms with E-state index in [-0.39, 0.29) is 24.3 Å². The number of hydrogen-bond acceptors (Lipinski definition) is 5. The molecule has 3 N–H and O–H groups in total. The third-order valence-electron chi connectivity index (χ3n) is 5.61. The molecule has 3 amide bonds. The summed E-state index contributed by atoms with van der Waals surface area (Å²) in [7, 11) is 0. The van der Waals surface area contributed by atoms with Crippen molar-refractivity contribution < 1.29 is 24.2 Å². The molecule has 8 heteroatoms. The molecule has 0 aromatic heterocycles. The van der Waals surface area contributed by atoms with Gasteiger partial charge in [-0.3, -0.25) is 9.59 Å². The van der Waals surface area contributed by atoms with Crippen LogP contribution < -0.4 is 10.6 Å². The van der Waals surface area contributed by atoms with Gasteiger partial charge >= 0.3 is 6.09 Å². The number of nitrogens with one attached hydrogen (secondary N) is 2. The number of carbonyl (C=O) groups excluding carboxylic acids is 3. The number of para-hydroxylation sites is 1. The minimum Gasteiger partial charge on any atom is -0.508 e. The number of aryl methyl sites for hydroxylation is 1. The summed E-state index contributed by atoms with van der Waals surface area (Å²) < 4.78 is 5.23. The summed E-state index contributed by atoms with van der Waals surface area (Å²) >= 11 is 0. The third-order valence-corrected chi connectivity index (χ3v) is 5.61. The molecule has 1 fully saturated rings. The second-order valence-electron chi connectivity index (χ2n) is 9.74. The molecule has 3 atom stereocenters. The molecule has 1 saturated carbocycles. The van der Waals surface area contributed by atoms with Crippen LogP contribution >= 0.6 is 0 Å². The summed E-state index contributed by atoms with van der Waals surface area (Å²) in [5.74, 6) is -0.607. The number of anilines is 1. The number of phenols is 1. The maximum atomic E-state index is 13.6. The van der Waals surface area contributed by atoms with Crippen molar-refractivity contribution in [2.45, 2.75) is 58.7 Å². The van der Waals surface area contributed by atoms with Crippen molar-refractivity contribution in [2.24, 2.45) is 5.92 Å². The molecule has 3 rings (SSSR count). The molecular weight excluding hydrogens is 434 g/mol. The highest BCUT2D eigenvalue weighted by molar-refractivity contribution is 5.99. The van der Waals surface area contributed by atoms with E-state index in [0.717, 1.165) is 12.0 Å². The van der Waals surface area contributed by atoms with Crippen molar-refractivity contribution in [3.05, 3.63) is 59.7 Å². The molecule has 0 heterocycles. The highest BCUT2D eigenvalue weighted by Crippen LogP contribution is 2.41. The summed E-state index contributed by atoms with van der Waals surface area (Å²) in [5.41, 5.74) is 1.31. The number of phenolic OH excluding ortho intramolecular Hbond substituents is 1. The Morgan fingerprint density at radius 2 is 1.82 bits per heavy atom. The standard InChI is InChI=1S/C26H33N3O5/c1-16-9-6-7-12-20(16)28-24(32)23(18-10-8-11-19(30)14-18)29(21-13-17(21)2)22(31)15-27-25(33)34-26(3,4)5/h6-12,14,17,21,23,30H,13,15H2,1-5H3,(H,27,33)(H,28,32). The number of aromatic hydroxyl groups is 1. The van der Waals surface area contributed by atoms with E-state index in [4.69, 9.17) is 4.74 Å². The number of hydrogen-bond donors (Lipinski definition) is 3. The van der Waals surface area contributed by atoms with E-state index < -0.39 is 29.6 Å². The predicted octanol–water partition coefficient (Wildman–Crippen LogP) is 4.14. The van der Waals surface area contributed by atoms with Crippen molar-refractivity contribution >= 4 is 23.6 Å². The molecule has 34 heavy (non-hydrogen) atoms. The van der Waals surface area contributed by atoms with Crippen LogP contribution in [0, 0.1) is 12.8 Å². The lowest BCUT2D eigenvalue weighted by atomic mass is 10.0. The molecule has 8 nitrogen and oxygen atoms in total. The smallest absolute Gasteiger partial charge is 0.408 e. The number of nitrogens with zero attached hydrogens (tertiary/aromatic N) is 1. The lowest BCUT2D eigenvalue weighted by molar-refractivity contribution is -0.139. The minimum absolute atomic E-state index is 0.00526. The second kappa shape index (κ2) is 10.2. The van der Waals surface area contributed by atoms with Crippen LogP contribution in [0.2, 0.25) is 0 Å². The molecular formula is C26H33N3O5. The zero-order valence-electron chi connectivity index (χ0n) is 20.3. The van der Waals surface area contributed by atoms with Crippen LogP contribution in [-0.4, -0.2) is 46.1 Å². The first-order valence-electron chi connectivity index (χ1n) is 11.4. The van der Waals surface area contributed by atoms with Gasteiger partial charge in [0.05, 0.1) is 0 Å². The molecule has 182 valence electrons. The van der Waals surface area contributed by atoms with Crippen LogP contribution in [0.1, 0.15) is 51.3 Å². The first-order valence-corrected chi connectivity index (χ1v) is 11.4. The highest BCUT2D eigenvalue weighted by atomic mass is 16.6. The Kier molecular flexibility index (Phi) is 7.49. The Morgan fingerprint density at radius 3 is 2.41 bits per heavy atom. The maximum Gasteiger partial charge on any atom is 0.408 e. The number of amides is 3. The van der Waals surface area contributed by atoms with Crippen molar-refractivity contribution in [1.29, 1.82) is 0 Å². The van der Waals surface area contributed by atoms with Gasteiger partial charge in [0.1, 0.15) is 23.9 Å². The van der Waals surface area contributed by atoms with Gasteiger partial charge < -0.3 is 25.4 Å². The SMILES string of the molecule is Cc1ccccc1NC(=O)C(c1cccc(O)c1)N(C(=O)CNC(=O)OC(C)(C)C)C1CC1C. The fraction of sp³-hybridized carbons (Fsp3) is 0.423. The van der Waals surface area contributed by atoms with Crippen LogP contribution in [0.25, 0.3) is 0 Å². The van der Waals surface area contributed by atoms with E-state index in [1.165, 1.54) is 17.0 Å². The van der Waals surface area contributed by atoms with E-state index in [9.17, 15) is 19.5 Å². The first-order chi connectivity index (χ1) is 16.0. The molecule has 0 saturated heterocycles. The summed E-state index contributed by atoms with van der Waals surface area (Å²) in [4.78, 5) is 40.6. The van der Waals surface area contributed by atoms with Gasteiger partial charge in [-0.05, 0) is 69.4 Å². The summed E-state index contributed by atoms with van der Waals surface area (Å²) in [5, 5.41) is 15.5. The molecule has 2 aromatic rings. The van der Waals surface area contributed by atoms with E-state index in [0.29, 0.717) is 11.3 Å². The normalized spacial score (nSPS) is 17.9. The Labute approximate surface area is 200 Å². The van der Waals surface area contributed by atoms with Crippen LogP contribution in [0.5, 0.6) is 5.75 Å². The summed E-state index contributed by atoms with van der Waals surface area (Å²) in [6, 6.07) is 12.6. The number of rotatable bonds is 7. The average molecular weight is 468 g/mol. The summed E-state index contributed by atoms with van der Waals surface area (Å²) in [6.45, 7) is 8.78. The van der Waals surface area contributed by atoms with Gasteiger partial charge in [-0.15, -0.1) is 0 Å². The number of carbonyl (C=O) groups is 3. The molecule has 1 aliphatic rings. The van der Waals surface area contributed by atoms with E-state index in [1.807, 2.05) is 32.0 Å². The minimum atomic E-state index is -0.991. The maximum absolute atomic E-state index is 13.6. The quantitative estimate of drug-likeness (QED) is 0.567. The first kappa shape index (κ1) is 25.1. The number of ether oxygens (including phenoxy) is 1. The van der Waals surface area contributed by atoms with Gasteiger partial charge in [-0.25, -0.2) is 4.79 Å². The van der Waals surface area contributed by atoms with Crippen molar-refractivity contribution in [1.82, 2.24) is 10.2 Å². The largest absolute Gasteiger partial charge is 0.508 e. The van der Waals surface area contributed by atoms with Gasteiger partial charge in [0.15, 0.2) is 0 Å². The van der Waals surface area contributed by atoms with Crippen LogP contribution in [0.4, 0.5) is 10.5 Å². The van der Waals surface area contributed by atoms with Gasteiger partial charge in [0, 0.05) is 11.7 Å².